The van der Waals surface area contributed by atoms with Crippen molar-refractivity contribution < 1.29 is 14.7 Å². The average Bonchev–Trinajstić information content (AvgIpc) is 2.41. The molecule has 7 heteroatoms. The van der Waals surface area contributed by atoms with Crippen LogP contribution in [0.4, 0.5) is 5.82 Å². The number of anilines is 1. The number of pyridine rings is 1. The molecule has 5 nitrogen and oxygen atoms in total. The monoisotopic (exact) mass is 354 g/mol. The van der Waals surface area contributed by atoms with Crippen LogP contribution in [0.2, 0.25) is 5.02 Å². The molecule has 0 saturated heterocycles. The Bertz CT molecular complexity index is 674. The normalized spacial score (nSPS) is 10.1. The van der Waals surface area contributed by atoms with Gasteiger partial charge >= 0.3 is 5.97 Å². The lowest BCUT2D eigenvalue weighted by Gasteiger charge is -2.07. The van der Waals surface area contributed by atoms with Gasteiger partial charge in [0, 0.05) is 10.7 Å². The van der Waals surface area contributed by atoms with Crippen LogP contribution in [-0.4, -0.2) is 22.0 Å². The van der Waals surface area contributed by atoms with E-state index in [9.17, 15) is 9.59 Å². The SMILES string of the molecule is O=C(O)c1ccc(Br)cc1C(=O)Nc1ccc(Cl)cn1. The molecule has 2 aromatic rings. The molecule has 1 heterocycles. The van der Waals surface area contributed by atoms with E-state index >= 15 is 0 Å². The number of aromatic carboxylic acids is 1. The highest BCUT2D eigenvalue weighted by Gasteiger charge is 2.17. The van der Waals surface area contributed by atoms with Gasteiger partial charge in [-0.05, 0) is 30.3 Å². The summed E-state index contributed by atoms with van der Waals surface area (Å²) in [7, 11) is 0. The number of aromatic nitrogens is 1. The fourth-order valence-electron chi connectivity index (χ4n) is 1.52. The van der Waals surface area contributed by atoms with Crippen molar-refractivity contribution in [2.45, 2.75) is 0 Å². The number of nitrogens with zero attached hydrogens (tertiary/aromatic N) is 1. The van der Waals surface area contributed by atoms with Crippen molar-refractivity contribution in [3.8, 4) is 0 Å². The lowest BCUT2D eigenvalue weighted by atomic mass is 10.1. The topological polar surface area (TPSA) is 79.3 Å². The summed E-state index contributed by atoms with van der Waals surface area (Å²) in [5.74, 6) is -1.44. The first-order chi connectivity index (χ1) is 9.47. The summed E-state index contributed by atoms with van der Waals surface area (Å²) < 4.78 is 0.608. The summed E-state index contributed by atoms with van der Waals surface area (Å²) in [6.07, 6.45) is 1.39. The molecule has 0 fully saturated rings. The number of carbonyl (C=O) groups is 2. The molecule has 1 aromatic carbocycles. The summed E-state index contributed by atoms with van der Waals surface area (Å²) in [6, 6.07) is 7.45. The molecule has 1 aromatic heterocycles. The second kappa shape index (κ2) is 6.02. The summed E-state index contributed by atoms with van der Waals surface area (Å²) >= 11 is 8.90. The van der Waals surface area contributed by atoms with E-state index in [1.807, 2.05) is 0 Å². The first-order valence-electron chi connectivity index (χ1n) is 5.43. The standard InChI is InChI=1S/C13H8BrClN2O3/c14-7-1-3-9(13(19)20)10(5-7)12(18)17-11-4-2-8(15)6-16-11/h1-6H,(H,19,20)(H,16,17,18). The van der Waals surface area contributed by atoms with Crippen LogP contribution in [0.1, 0.15) is 20.7 Å². The van der Waals surface area contributed by atoms with Crippen LogP contribution in [0, 0.1) is 0 Å². The molecule has 0 radical (unpaired) electrons. The molecule has 0 atom stereocenters. The number of rotatable bonds is 3. The molecular weight excluding hydrogens is 348 g/mol. The van der Waals surface area contributed by atoms with Gasteiger partial charge in [-0.25, -0.2) is 9.78 Å². The van der Waals surface area contributed by atoms with E-state index in [0.717, 1.165) is 0 Å². The highest BCUT2D eigenvalue weighted by molar-refractivity contribution is 9.10. The van der Waals surface area contributed by atoms with Gasteiger partial charge in [0.2, 0.25) is 0 Å². The third-order valence-corrected chi connectivity index (χ3v) is 3.14. The molecule has 1 amide bonds. The van der Waals surface area contributed by atoms with E-state index in [1.54, 1.807) is 12.1 Å². The molecule has 102 valence electrons. The minimum atomic E-state index is -1.17. The predicted octanol–water partition coefficient (Wildman–Crippen LogP) is 3.45. The molecule has 0 unspecified atom stereocenters. The van der Waals surface area contributed by atoms with E-state index in [4.69, 9.17) is 16.7 Å². The molecule has 2 N–H and O–H groups in total. The van der Waals surface area contributed by atoms with Crippen LogP contribution < -0.4 is 5.32 Å². The van der Waals surface area contributed by atoms with Crippen LogP contribution in [-0.2, 0) is 0 Å². The average molecular weight is 356 g/mol. The summed E-state index contributed by atoms with van der Waals surface area (Å²) in [5.41, 5.74) is -0.0386. The van der Waals surface area contributed by atoms with Crippen molar-refractivity contribution in [1.82, 2.24) is 4.98 Å². The fraction of sp³-hybridized carbons (Fsp3) is 0. The smallest absolute Gasteiger partial charge is 0.336 e. The number of hydrogen-bond donors (Lipinski definition) is 2. The van der Waals surface area contributed by atoms with E-state index in [-0.39, 0.29) is 16.9 Å². The van der Waals surface area contributed by atoms with Crippen molar-refractivity contribution >= 4 is 45.2 Å². The van der Waals surface area contributed by atoms with Crippen molar-refractivity contribution in [2.24, 2.45) is 0 Å². The third-order valence-electron chi connectivity index (χ3n) is 2.43. The first kappa shape index (κ1) is 14.5. The molecule has 0 bridgehead atoms. The number of carbonyl (C=O) groups excluding carboxylic acids is 1. The van der Waals surface area contributed by atoms with Gasteiger partial charge in [0.05, 0.1) is 16.1 Å². The largest absolute Gasteiger partial charge is 0.478 e. The van der Waals surface area contributed by atoms with Crippen LogP contribution in [0.3, 0.4) is 0 Å². The Hall–Kier alpha value is -1.92. The van der Waals surface area contributed by atoms with E-state index in [0.29, 0.717) is 9.50 Å². The number of benzene rings is 1. The quantitative estimate of drug-likeness (QED) is 0.884. The van der Waals surface area contributed by atoms with Crippen LogP contribution >= 0.6 is 27.5 Å². The Kier molecular flexibility index (Phi) is 4.36. The van der Waals surface area contributed by atoms with E-state index in [1.165, 1.54) is 24.4 Å². The maximum atomic E-state index is 12.1. The molecule has 0 aliphatic heterocycles. The minimum Gasteiger partial charge on any atom is -0.478 e. The van der Waals surface area contributed by atoms with Crippen molar-refractivity contribution in [1.29, 1.82) is 0 Å². The third kappa shape index (κ3) is 3.34. The molecule has 0 saturated carbocycles. The summed E-state index contributed by atoms with van der Waals surface area (Å²) in [4.78, 5) is 27.1. The second-order valence-corrected chi connectivity index (χ2v) is 5.16. The molecule has 0 aliphatic rings. The lowest BCUT2D eigenvalue weighted by Crippen LogP contribution is -2.17. The lowest BCUT2D eigenvalue weighted by molar-refractivity contribution is 0.0692. The van der Waals surface area contributed by atoms with Gasteiger partial charge in [-0.15, -0.1) is 0 Å². The predicted molar refractivity (Wildman–Crippen MR) is 78.3 cm³/mol. The fourth-order valence-corrected chi connectivity index (χ4v) is 2.00. The van der Waals surface area contributed by atoms with Gasteiger partial charge in [0.1, 0.15) is 5.82 Å². The highest BCUT2D eigenvalue weighted by atomic mass is 79.9. The van der Waals surface area contributed by atoms with Gasteiger partial charge in [-0.2, -0.15) is 0 Å². The van der Waals surface area contributed by atoms with Crippen molar-refractivity contribution in [3.05, 3.63) is 57.2 Å². The Labute approximate surface area is 127 Å². The molecule has 2 rings (SSSR count). The van der Waals surface area contributed by atoms with Gasteiger partial charge in [-0.3, -0.25) is 4.79 Å². The van der Waals surface area contributed by atoms with E-state index < -0.39 is 11.9 Å². The van der Waals surface area contributed by atoms with Gasteiger partial charge in [-0.1, -0.05) is 27.5 Å². The van der Waals surface area contributed by atoms with Gasteiger partial charge < -0.3 is 10.4 Å². The summed E-state index contributed by atoms with van der Waals surface area (Å²) in [5, 5.41) is 12.0. The number of halogens is 2. The van der Waals surface area contributed by atoms with Gasteiger partial charge in [0.25, 0.3) is 5.91 Å². The van der Waals surface area contributed by atoms with Crippen molar-refractivity contribution in [2.75, 3.05) is 5.32 Å². The second-order valence-electron chi connectivity index (χ2n) is 3.81. The highest BCUT2D eigenvalue weighted by Crippen LogP contribution is 2.18. The molecule has 0 aliphatic carbocycles. The van der Waals surface area contributed by atoms with Gasteiger partial charge in [0.15, 0.2) is 0 Å². The number of amides is 1. The van der Waals surface area contributed by atoms with Crippen LogP contribution in [0.25, 0.3) is 0 Å². The van der Waals surface area contributed by atoms with E-state index in [2.05, 4.69) is 26.2 Å². The zero-order valence-electron chi connectivity index (χ0n) is 9.93. The Morgan fingerprint density at radius 2 is 1.95 bits per heavy atom. The maximum absolute atomic E-state index is 12.1. The zero-order chi connectivity index (χ0) is 14.7. The number of nitrogens with one attached hydrogen (secondary N) is 1. The van der Waals surface area contributed by atoms with Crippen LogP contribution in [0.15, 0.2) is 41.0 Å². The number of carboxylic acids is 1. The Morgan fingerprint density at radius 1 is 1.20 bits per heavy atom. The molecule has 0 spiro atoms. The number of carboxylic acid groups (broad SMARTS) is 1. The zero-order valence-corrected chi connectivity index (χ0v) is 12.3. The maximum Gasteiger partial charge on any atom is 0.336 e. The minimum absolute atomic E-state index is 0.0450. The number of hydrogen-bond acceptors (Lipinski definition) is 3. The summed E-state index contributed by atoms with van der Waals surface area (Å²) in [6.45, 7) is 0. The Morgan fingerprint density at radius 3 is 2.55 bits per heavy atom. The molecule has 20 heavy (non-hydrogen) atoms. The van der Waals surface area contributed by atoms with Crippen LogP contribution in [0.5, 0.6) is 0 Å². The molecular formula is C13H8BrClN2O3. The first-order valence-corrected chi connectivity index (χ1v) is 6.60. The Balaban J connectivity index is 2.31. The van der Waals surface area contributed by atoms with Crippen molar-refractivity contribution in [3.63, 3.8) is 0 Å².